The Balaban J connectivity index is 1.50. The molecule has 2 aromatic rings. The molecule has 1 N–H and O–H groups in total. The second-order valence-electron chi connectivity index (χ2n) is 8.05. The van der Waals surface area contributed by atoms with Gasteiger partial charge in [0.15, 0.2) is 0 Å². The first-order valence-corrected chi connectivity index (χ1v) is 12.6. The molecular formula is C24H30N2OS2. The van der Waals surface area contributed by atoms with Gasteiger partial charge >= 0.3 is 0 Å². The van der Waals surface area contributed by atoms with E-state index in [4.69, 9.17) is 0 Å². The maximum Gasteiger partial charge on any atom is 0.240 e. The molecule has 0 radical (unpaired) electrons. The van der Waals surface area contributed by atoms with Crippen LogP contribution in [0.2, 0.25) is 0 Å². The van der Waals surface area contributed by atoms with E-state index in [9.17, 15) is 4.79 Å². The molecule has 0 spiro atoms. The van der Waals surface area contributed by atoms with Crippen molar-refractivity contribution in [1.29, 1.82) is 0 Å². The highest BCUT2D eigenvalue weighted by Gasteiger charge is 2.42. The second kappa shape index (κ2) is 9.59. The molecule has 1 saturated carbocycles. The number of rotatable bonds is 6. The fourth-order valence-corrected chi connectivity index (χ4v) is 6.62. The molecule has 1 aliphatic carbocycles. The average Bonchev–Trinajstić information content (AvgIpc) is 3.22. The number of amides is 1. The third-order valence-corrected chi connectivity index (χ3v) is 8.51. The van der Waals surface area contributed by atoms with Crippen LogP contribution in [-0.4, -0.2) is 40.1 Å². The van der Waals surface area contributed by atoms with Gasteiger partial charge in [-0.1, -0.05) is 43.2 Å². The standard InChI is InChI=1S/C24H30N2OS2/c1-19-20(18-26-14-16-28-17-15-26)8-7-11-22(19)25-23(27)24(12-5-6-13-24)29-21-9-3-2-4-10-21/h2-4,7-11H,5-6,12-18H2,1H3,(H,25,27). The molecule has 0 atom stereocenters. The van der Waals surface area contributed by atoms with Crippen LogP contribution in [0.1, 0.15) is 36.8 Å². The molecule has 0 aromatic heterocycles. The van der Waals surface area contributed by atoms with Crippen LogP contribution in [0.3, 0.4) is 0 Å². The van der Waals surface area contributed by atoms with Gasteiger partial charge < -0.3 is 5.32 Å². The number of nitrogens with one attached hydrogen (secondary N) is 1. The average molecular weight is 427 g/mol. The van der Waals surface area contributed by atoms with Crippen LogP contribution in [-0.2, 0) is 11.3 Å². The predicted octanol–water partition coefficient (Wildman–Crippen LogP) is 5.59. The minimum absolute atomic E-state index is 0.165. The molecule has 1 aliphatic heterocycles. The molecule has 2 aromatic carbocycles. The maximum absolute atomic E-state index is 13.4. The number of nitrogens with zero attached hydrogens (tertiary/aromatic N) is 1. The van der Waals surface area contributed by atoms with E-state index >= 15 is 0 Å². The van der Waals surface area contributed by atoms with Gasteiger partial charge in [-0.3, -0.25) is 9.69 Å². The third-order valence-electron chi connectivity index (χ3n) is 6.07. The zero-order valence-electron chi connectivity index (χ0n) is 17.2. The van der Waals surface area contributed by atoms with Gasteiger partial charge in [0.05, 0.1) is 4.75 Å². The molecule has 1 saturated heterocycles. The van der Waals surface area contributed by atoms with Gasteiger partial charge in [-0.2, -0.15) is 11.8 Å². The van der Waals surface area contributed by atoms with E-state index in [2.05, 4.69) is 59.6 Å². The van der Waals surface area contributed by atoms with Crippen LogP contribution in [0.15, 0.2) is 53.4 Å². The largest absolute Gasteiger partial charge is 0.325 e. The first-order valence-electron chi connectivity index (χ1n) is 10.6. The van der Waals surface area contributed by atoms with Gasteiger partial charge in [-0.15, -0.1) is 11.8 Å². The van der Waals surface area contributed by atoms with Crippen LogP contribution in [0.4, 0.5) is 5.69 Å². The molecule has 1 heterocycles. The van der Waals surface area contributed by atoms with E-state index in [-0.39, 0.29) is 10.7 Å². The fourth-order valence-electron chi connectivity index (χ4n) is 4.26. The number of hydrogen-bond donors (Lipinski definition) is 1. The minimum Gasteiger partial charge on any atom is -0.325 e. The molecule has 3 nitrogen and oxygen atoms in total. The highest BCUT2D eigenvalue weighted by molar-refractivity contribution is 8.01. The Hall–Kier alpha value is -1.43. The quantitative estimate of drug-likeness (QED) is 0.653. The Kier molecular flexibility index (Phi) is 6.88. The van der Waals surface area contributed by atoms with Crippen molar-refractivity contribution in [2.45, 2.75) is 48.8 Å². The molecule has 0 bridgehead atoms. The summed E-state index contributed by atoms with van der Waals surface area (Å²) >= 11 is 3.78. The van der Waals surface area contributed by atoms with Crippen molar-refractivity contribution < 1.29 is 4.79 Å². The van der Waals surface area contributed by atoms with Gasteiger partial charge in [-0.05, 0) is 49.1 Å². The summed E-state index contributed by atoms with van der Waals surface area (Å²) in [6.45, 7) is 5.42. The van der Waals surface area contributed by atoms with Crippen LogP contribution in [0.5, 0.6) is 0 Å². The van der Waals surface area contributed by atoms with Crippen molar-refractivity contribution in [1.82, 2.24) is 4.90 Å². The van der Waals surface area contributed by atoms with Crippen molar-refractivity contribution in [2.24, 2.45) is 0 Å². The number of benzene rings is 2. The Morgan fingerprint density at radius 2 is 1.79 bits per heavy atom. The van der Waals surface area contributed by atoms with E-state index in [1.54, 1.807) is 11.8 Å². The smallest absolute Gasteiger partial charge is 0.240 e. The Labute approximate surface area is 183 Å². The van der Waals surface area contributed by atoms with Crippen molar-refractivity contribution in [2.75, 3.05) is 29.9 Å². The zero-order valence-corrected chi connectivity index (χ0v) is 18.8. The lowest BCUT2D eigenvalue weighted by Gasteiger charge is -2.29. The highest BCUT2D eigenvalue weighted by Crippen LogP contribution is 2.46. The van der Waals surface area contributed by atoms with Gasteiger partial charge in [0.1, 0.15) is 0 Å². The van der Waals surface area contributed by atoms with E-state index < -0.39 is 0 Å². The SMILES string of the molecule is Cc1c(CN2CCSCC2)cccc1NC(=O)C1(Sc2ccccc2)CCCC1. The van der Waals surface area contributed by atoms with E-state index in [0.717, 1.165) is 51.0 Å². The van der Waals surface area contributed by atoms with Crippen molar-refractivity contribution >= 4 is 35.1 Å². The number of carbonyl (C=O) groups is 1. The summed E-state index contributed by atoms with van der Waals surface area (Å²) in [5.74, 6) is 2.60. The molecule has 2 fully saturated rings. The first kappa shape index (κ1) is 20.8. The zero-order chi connectivity index (χ0) is 20.1. The van der Waals surface area contributed by atoms with E-state index in [1.807, 2.05) is 17.8 Å². The van der Waals surface area contributed by atoms with Gasteiger partial charge in [-0.25, -0.2) is 0 Å². The van der Waals surface area contributed by atoms with Crippen LogP contribution >= 0.6 is 23.5 Å². The van der Waals surface area contributed by atoms with Crippen molar-refractivity contribution in [3.05, 3.63) is 59.7 Å². The van der Waals surface area contributed by atoms with Crippen LogP contribution in [0.25, 0.3) is 0 Å². The van der Waals surface area contributed by atoms with Crippen LogP contribution < -0.4 is 5.32 Å². The Morgan fingerprint density at radius 1 is 1.07 bits per heavy atom. The molecule has 29 heavy (non-hydrogen) atoms. The number of thioether (sulfide) groups is 2. The summed E-state index contributed by atoms with van der Waals surface area (Å²) in [6.07, 6.45) is 4.14. The summed E-state index contributed by atoms with van der Waals surface area (Å²) in [5.41, 5.74) is 3.50. The summed E-state index contributed by atoms with van der Waals surface area (Å²) < 4.78 is -0.353. The minimum atomic E-state index is -0.353. The highest BCUT2D eigenvalue weighted by atomic mass is 32.2. The predicted molar refractivity (Wildman–Crippen MR) is 126 cm³/mol. The Bertz CT molecular complexity index is 828. The monoisotopic (exact) mass is 426 g/mol. The van der Waals surface area contributed by atoms with Crippen LogP contribution in [0, 0.1) is 6.92 Å². The Morgan fingerprint density at radius 3 is 2.52 bits per heavy atom. The molecule has 154 valence electrons. The molecule has 4 rings (SSSR count). The molecule has 5 heteroatoms. The molecule has 1 amide bonds. The summed E-state index contributed by atoms with van der Waals surface area (Å²) in [6, 6.07) is 16.7. The summed E-state index contributed by atoms with van der Waals surface area (Å²) in [7, 11) is 0. The molecule has 2 aliphatic rings. The van der Waals surface area contributed by atoms with Gasteiger partial charge in [0.25, 0.3) is 0 Å². The van der Waals surface area contributed by atoms with Crippen molar-refractivity contribution in [3.8, 4) is 0 Å². The topological polar surface area (TPSA) is 32.3 Å². The normalized spacial score (nSPS) is 19.2. The molecular weight excluding hydrogens is 396 g/mol. The number of anilines is 1. The summed E-state index contributed by atoms with van der Waals surface area (Å²) in [5, 5.41) is 3.31. The summed E-state index contributed by atoms with van der Waals surface area (Å²) in [4.78, 5) is 17.2. The fraction of sp³-hybridized carbons (Fsp3) is 0.458. The number of carbonyl (C=O) groups excluding carboxylic acids is 1. The van der Waals surface area contributed by atoms with Gasteiger partial charge in [0, 0.05) is 41.7 Å². The third kappa shape index (κ3) is 5.01. The number of hydrogen-bond acceptors (Lipinski definition) is 4. The van der Waals surface area contributed by atoms with E-state index in [1.165, 1.54) is 27.5 Å². The molecule has 0 unspecified atom stereocenters. The van der Waals surface area contributed by atoms with Crippen molar-refractivity contribution in [3.63, 3.8) is 0 Å². The second-order valence-corrected chi connectivity index (χ2v) is 10.7. The maximum atomic E-state index is 13.4. The lowest BCUT2D eigenvalue weighted by Crippen LogP contribution is -2.37. The van der Waals surface area contributed by atoms with E-state index in [0.29, 0.717) is 0 Å². The first-order chi connectivity index (χ1) is 14.2. The van der Waals surface area contributed by atoms with Gasteiger partial charge in [0.2, 0.25) is 5.91 Å². The lowest BCUT2D eigenvalue weighted by atomic mass is 10.0. The lowest BCUT2D eigenvalue weighted by molar-refractivity contribution is -0.118.